The van der Waals surface area contributed by atoms with Crippen LogP contribution < -0.4 is 0 Å². The molecule has 0 atom stereocenters. The number of rotatable bonds is 2. The van der Waals surface area contributed by atoms with Crippen LogP contribution >= 0.6 is 0 Å². The Morgan fingerprint density at radius 1 is 0.643 bits per heavy atom. The van der Waals surface area contributed by atoms with Crippen LogP contribution in [0.2, 0.25) is 0 Å². The third kappa shape index (κ3) is 2.19. The summed E-state index contributed by atoms with van der Waals surface area (Å²) in [6.45, 7) is 0. The molecule has 14 heavy (non-hydrogen) atoms. The first-order valence-electron chi connectivity index (χ1n) is 4.73. The van der Waals surface area contributed by atoms with Crippen molar-refractivity contribution in [2.75, 3.05) is 0 Å². The SMILES string of the molecule is [SbH2][CH](c1ccccc1)c1ccccc1. The molecule has 0 saturated heterocycles. The standard InChI is InChI=1S/C13H11.Sb.2H/c1-3-7-12(8-4-1)11-13-9-5-2-6-10-13;;;/h1-11H;;;. The molecule has 0 heterocycles. The maximum atomic E-state index is 2.21. The van der Waals surface area contributed by atoms with Gasteiger partial charge in [-0.1, -0.05) is 0 Å². The minimum atomic E-state index is 0.614. The van der Waals surface area contributed by atoms with Crippen molar-refractivity contribution in [3.05, 3.63) is 71.8 Å². The van der Waals surface area contributed by atoms with Crippen molar-refractivity contribution < 1.29 is 0 Å². The van der Waals surface area contributed by atoms with Gasteiger partial charge in [-0.05, 0) is 0 Å². The fraction of sp³-hybridized carbons (Fsp3) is 0.0769. The van der Waals surface area contributed by atoms with Crippen LogP contribution in [-0.4, -0.2) is 23.0 Å². The van der Waals surface area contributed by atoms with E-state index in [2.05, 4.69) is 60.7 Å². The summed E-state index contributed by atoms with van der Waals surface area (Å²) in [7, 11) is 0. The maximum absolute atomic E-state index is 2.21. The predicted octanol–water partition coefficient (Wildman–Crippen LogP) is 2.41. The molecular weight excluding hydrogens is 278 g/mol. The van der Waals surface area contributed by atoms with Crippen molar-refractivity contribution >= 4 is 23.0 Å². The summed E-state index contributed by atoms with van der Waals surface area (Å²) in [6, 6.07) is 21.4. The van der Waals surface area contributed by atoms with Gasteiger partial charge >= 0.3 is 98.7 Å². The fourth-order valence-electron chi connectivity index (χ4n) is 1.51. The van der Waals surface area contributed by atoms with E-state index in [1.165, 1.54) is 34.1 Å². The van der Waals surface area contributed by atoms with Gasteiger partial charge < -0.3 is 0 Å². The zero-order valence-electron chi connectivity index (χ0n) is 7.93. The van der Waals surface area contributed by atoms with E-state index in [-0.39, 0.29) is 0 Å². The first-order valence-corrected chi connectivity index (χ1v) is 6.63. The normalized spacial score (nSPS) is 10.4. The molecule has 0 fully saturated rings. The van der Waals surface area contributed by atoms with Gasteiger partial charge in [-0.15, -0.1) is 0 Å². The van der Waals surface area contributed by atoms with Gasteiger partial charge in [0, 0.05) is 0 Å². The van der Waals surface area contributed by atoms with Crippen LogP contribution in [0.3, 0.4) is 0 Å². The monoisotopic (exact) mass is 290 g/mol. The Morgan fingerprint density at radius 2 is 1.00 bits per heavy atom. The Kier molecular flexibility index (Phi) is 3.26. The molecule has 0 saturated carbocycles. The second-order valence-corrected chi connectivity index (χ2v) is 5.20. The number of hydrogen-bond donors (Lipinski definition) is 0. The Balaban J connectivity index is 2.30. The molecule has 70 valence electrons. The van der Waals surface area contributed by atoms with Crippen LogP contribution in [0, 0.1) is 0 Å². The molecule has 0 unspecified atom stereocenters. The first kappa shape index (κ1) is 9.80. The van der Waals surface area contributed by atoms with Crippen LogP contribution in [0.25, 0.3) is 0 Å². The molecule has 0 aliphatic carbocycles. The van der Waals surface area contributed by atoms with Crippen LogP contribution in [0.5, 0.6) is 0 Å². The van der Waals surface area contributed by atoms with Crippen LogP contribution in [0.4, 0.5) is 0 Å². The molecule has 0 amide bonds. The van der Waals surface area contributed by atoms with Gasteiger partial charge in [-0.25, -0.2) is 0 Å². The van der Waals surface area contributed by atoms with Gasteiger partial charge in [-0.3, -0.25) is 0 Å². The van der Waals surface area contributed by atoms with Crippen molar-refractivity contribution in [1.82, 2.24) is 0 Å². The van der Waals surface area contributed by atoms with Gasteiger partial charge in [0.15, 0.2) is 0 Å². The van der Waals surface area contributed by atoms with E-state index >= 15 is 0 Å². The average Bonchev–Trinajstić information content (AvgIpc) is 2.30. The summed E-state index contributed by atoms with van der Waals surface area (Å²) in [5, 5.41) is 0. The summed E-state index contributed by atoms with van der Waals surface area (Å²) in [5.41, 5.74) is 2.86. The zero-order valence-corrected chi connectivity index (χ0v) is 11.2. The van der Waals surface area contributed by atoms with Crippen molar-refractivity contribution in [2.45, 2.75) is 3.86 Å². The van der Waals surface area contributed by atoms with Crippen LogP contribution in [0.15, 0.2) is 60.7 Å². The fourth-order valence-corrected chi connectivity index (χ4v) is 2.78. The molecular formula is C13H13Sb. The van der Waals surface area contributed by atoms with Gasteiger partial charge in [0.1, 0.15) is 0 Å². The number of benzene rings is 2. The Morgan fingerprint density at radius 3 is 1.36 bits per heavy atom. The summed E-state index contributed by atoms with van der Waals surface area (Å²) in [5.74, 6) is 0. The van der Waals surface area contributed by atoms with E-state index in [9.17, 15) is 0 Å². The molecule has 2 rings (SSSR count). The second-order valence-electron chi connectivity index (χ2n) is 3.30. The Labute approximate surface area is 98.5 Å². The summed E-state index contributed by atoms with van der Waals surface area (Å²) in [4.78, 5) is 0. The van der Waals surface area contributed by atoms with Gasteiger partial charge in [0.2, 0.25) is 0 Å². The molecule has 0 aliphatic heterocycles. The zero-order chi connectivity index (χ0) is 9.80. The molecule has 2 aromatic rings. The first-order chi connectivity index (χ1) is 6.88. The quantitative estimate of drug-likeness (QED) is 0.745. The van der Waals surface area contributed by atoms with Gasteiger partial charge in [-0.2, -0.15) is 0 Å². The molecule has 0 nitrogen and oxygen atoms in total. The van der Waals surface area contributed by atoms with Crippen molar-refractivity contribution in [3.63, 3.8) is 0 Å². The third-order valence-electron chi connectivity index (χ3n) is 2.32. The minimum absolute atomic E-state index is 0.614. The molecule has 0 bridgehead atoms. The molecule has 0 aromatic heterocycles. The predicted molar refractivity (Wildman–Crippen MR) is 63.3 cm³/mol. The molecule has 0 aliphatic rings. The van der Waals surface area contributed by atoms with E-state index in [1.807, 2.05) is 0 Å². The van der Waals surface area contributed by atoms with Crippen LogP contribution in [-0.2, 0) is 0 Å². The summed E-state index contributed by atoms with van der Waals surface area (Å²) in [6.07, 6.45) is 0. The Hall–Kier alpha value is -0.742. The van der Waals surface area contributed by atoms with Gasteiger partial charge in [0.25, 0.3) is 0 Å². The summed E-state index contributed by atoms with van der Waals surface area (Å²) >= 11 is 1.23. The van der Waals surface area contributed by atoms with Gasteiger partial charge in [0.05, 0.1) is 0 Å². The topological polar surface area (TPSA) is 0 Å². The van der Waals surface area contributed by atoms with E-state index in [0.717, 1.165) is 0 Å². The van der Waals surface area contributed by atoms with Crippen molar-refractivity contribution in [2.24, 2.45) is 0 Å². The molecule has 0 spiro atoms. The second kappa shape index (κ2) is 4.66. The van der Waals surface area contributed by atoms with E-state index in [4.69, 9.17) is 0 Å². The van der Waals surface area contributed by atoms with Crippen LogP contribution in [0.1, 0.15) is 15.0 Å². The van der Waals surface area contributed by atoms with Crippen molar-refractivity contribution in [1.29, 1.82) is 0 Å². The van der Waals surface area contributed by atoms with Crippen molar-refractivity contribution in [3.8, 4) is 0 Å². The molecule has 0 N–H and O–H groups in total. The van der Waals surface area contributed by atoms with E-state index < -0.39 is 0 Å². The van der Waals surface area contributed by atoms with E-state index in [0.29, 0.717) is 3.86 Å². The molecule has 2 aromatic carbocycles. The summed E-state index contributed by atoms with van der Waals surface area (Å²) < 4.78 is 0.614. The Bertz CT molecular complexity index is 341. The number of hydrogen-bond acceptors (Lipinski definition) is 0. The molecule has 1 heteroatoms. The third-order valence-corrected chi connectivity index (χ3v) is 4.51. The van der Waals surface area contributed by atoms with E-state index in [1.54, 1.807) is 0 Å². The molecule has 0 radical (unpaired) electrons. The average molecular weight is 291 g/mol.